The molecule has 0 aliphatic carbocycles. The molecule has 0 aromatic carbocycles. The maximum Gasteiger partial charge on any atom is 0.402 e. The molecule has 3 nitrogen and oxygen atoms in total. The molecule has 0 bridgehead atoms. The summed E-state index contributed by atoms with van der Waals surface area (Å²) in [5, 5.41) is 3.35. The van der Waals surface area contributed by atoms with E-state index in [0.29, 0.717) is 16.3 Å². The zero-order chi connectivity index (χ0) is 16.4. The van der Waals surface area contributed by atoms with Crippen molar-refractivity contribution in [2.24, 2.45) is 0 Å². The van der Waals surface area contributed by atoms with Gasteiger partial charge in [0, 0.05) is 11.4 Å². The summed E-state index contributed by atoms with van der Waals surface area (Å²) in [4.78, 5) is 0.820. The van der Waals surface area contributed by atoms with Gasteiger partial charge < -0.3 is 0 Å². The van der Waals surface area contributed by atoms with E-state index >= 15 is 0 Å². The van der Waals surface area contributed by atoms with Crippen molar-refractivity contribution in [2.45, 2.75) is 30.3 Å². The maximum atomic E-state index is 12.8. The molecule has 0 fully saturated rings. The number of rotatable bonds is 6. The van der Waals surface area contributed by atoms with Crippen LogP contribution >= 0.6 is 22.7 Å². The number of aryl methyl sites for hydroxylation is 1. The van der Waals surface area contributed by atoms with Gasteiger partial charge in [0.25, 0.3) is 10.0 Å². The van der Waals surface area contributed by atoms with Gasteiger partial charge in [0.1, 0.15) is 10.8 Å². The third-order valence-corrected chi connectivity index (χ3v) is 7.09. The van der Waals surface area contributed by atoms with Crippen molar-refractivity contribution in [1.82, 2.24) is 4.31 Å². The third kappa shape index (κ3) is 4.31. The first kappa shape index (κ1) is 17.5. The largest absolute Gasteiger partial charge is 0.402 e. The number of sulfonamides is 1. The van der Waals surface area contributed by atoms with E-state index in [9.17, 15) is 21.6 Å². The molecule has 2 aromatic heterocycles. The van der Waals surface area contributed by atoms with Crippen LogP contribution in [0.25, 0.3) is 0 Å². The zero-order valence-electron chi connectivity index (χ0n) is 11.6. The standard InChI is InChI=1S/C13H14F3NO2S3/c1-2-11-3-4-12(21-11)22(18,19)17(9-13(14,15)16)7-10-5-6-20-8-10/h3-6,8H,2,7,9H2,1H3. The Labute approximate surface area is 135 Å². The smallest absolute Gasteiger partial charge is 0.206 e. The highest BCUT2D eigenvalue weighted by atomic mass is 32.2. The van der Waals surface area contributed by atoms with Crippen LogP contribution in [0.2, 0.25) is 0 Å². The van der Waals surface area contributed by atoms with Gasteiger partial charge in [-0.2, -0.15) is 28.8 Å². The average Bonchev–Trinajstić information content (AvgIpc) is 3.07. The van der Waals surface area contributed by atoms with E-state index in [1.165, 1.54) is 17.4 Å². The van der Waals surface area contributed by atoms with Crippen LogP contribution in [0.1, 0.15) is 17.4 Å². The van der Waals surface area contributed by atoms with Gasteiger partial charge in [0.05, 0.1) is 0 Å². The molecule has 0 saturated carbocycles. The van der Waals surface area contributed by atoms with Crippen LogP contribution < -0.4 is 0 Å². The minimum Gasteiger partial charge on any atom is -0.206 e. The Morgan fingerprint density at radius 1 is 1.23 bits per heavy atom. The van der Waals surface area contributed by atoms with Gasteiger partial charge in [0.2, 0.25) is 0 Å². The number of alkyl halides is 3. The van der Waals surface area contributed by atoms with Crippen molar-refractivity contribution in [3.8, 4) is 0 Å². The van der Waals surface area contributed by atoms with Gasteiger partial charge in [-0.3, -0.25) is 0 Å². The lowest BCUT2D eigenvalue weighted by atomic mass is 10.3. The Kier molecular flexibility index (Phi) is 5.31. The Bertz CT molecular complexity index is 705. The van der Waals surface area contributed by atoms with Crippen LogP contribution in [0.15, 0.2) is 33.2 Å². The summed E-state index contributed by atoms with van der Waals surface area (Å²) in [7, 11) is -4.16. The van der Waals surface area contributed by atoms with Gasteiger partial charge in [-0.05, 0) is 40.9 Å². The predicted molar refractivity (Wildman–Crippen MR) is 81.7 cm³/mol. The van der Waals surface area contributed by atoms with Gasteiger partial charge >= 0.3 is 6.18 Å². The Hall–Kier alpha value is -0.900. The van der Waals surface area contributed by atoms with Gasteiger partial charge in [-0.15, -0.1) is 11.3 Å². The first-order valence-electron chi connectivity index (χ1n) is 6.39. The highest BCUT2D eigenvalue weighted by Crippen LogP contribution is 2.29. The van der Waals surface area contributed by atoms with Crippen LogP contribution in [-0.2, 0) is 23.0 Å². The van der Waals surface area contributed by atoms with E-state index < -0.39 is 22.7 Å². The second-order valence-corrected chi connectivity index (χ2v) is 8.71. The molecule has 0 unspecified atom stereocenters. The topological polar surface area (TPSA) is 37.4 Å². The van der Waals surface area contributed by atoms with Crippen molar-refractivity contribution in [3.05, 3.63) is 39.4 Å². The fraction of sp³-hybridized carbons (Fsp3) is 0.385. The predicted octanol–water partition coefficient (Wildman–Crippen LogP) is 4.13. The second kappa shape index (κ2) is 6.69. The number of nitrogens with zero attached hydrogens (tertiary/aromatic N) is 1. The summed E-state index contributed by atoms with van der Waals surface area (Å²) in [5.41, 5.74) is 0.546. The molecular weight excluding hydrogens is 355 g/mol. The zero-order valence-corrected chi connectivity index (χ0v) is 14.1. The molecule has 22 heavy (non-hydrogen) atoms. The van der Waals surface area contributed by atoms with Crippen molar-refractivity contribution < 1.29 is 21.6 Å². The van der Waals surface area contributed by atoms with Crippen LogP contribution in [-0.4, -0.2) is 25.4 Å². The summed E-state index contributed by atoms with van der Waals surface area (Å²) in [6.45, 7) is 0.0797. The van der Waals surface area contributed by atoms with E-state index in [1.54, 1.807) is 22.9 Å². The molecule has 0 amide bonds. The maximum absolute atomic E-state index is 12.8. The van der Waals surface area contributed by atoms with E-state index in [2.05, 4.69) is 0 Å². The number of hydrogen-bond acceptors (Lipinski definition) is 4. The minimum absolute atomic E-state index is 0.0520. The average molecular weight is 369 g/mol. The molecule has 2 heterocycles. The van der Waals surface area contributed by atoms with Crippen LogP contribution in [0.4, 0.5) is 13.2 Å². The van der Waals surface area contributed by atoms with Crippen molar-refractivity contribution >= 4 is 32.7 Å². The lowest BCUT2D eigenvalue weighted by Crippen LogP contribution is -2.38. The molecule has 9 heteroatoms. The summed E-state index contributed by atoms with van der Waals surface area (Å²) in [6.07, 6.45) is -3.95. The van der Waals surface area contributed by atoms with Crippen LogP contribution in [0.3, 0.4) is 0 Å². The van der Waals surface area contributed by atoms with Crippen molar-refractivity contribution in [3.63, 3.8) is 0 Å². The van der Waals surface area contributed by atoms with Gasteiger partial charge in [0.15, 0.2) is 0 Å². The van der Waals surface area contributed by atoms with Gasteiger partial charge in [-0.25, -0.2) is 8.42 Å². The van der Waals surface area contributed by atoms with Crippen LogP contribution in [0.5, 0.6) is 0 Å². The molecule has 0 atom stereocenters. The molecule has 0 spiro atoms. The van der Waals surface area contributed by atoms with E-state index in [0.717, 1.165) is 16.2 Å². The van der Waals surface area contributed by atoms with E-state index in [4.69, 9.17) is 0 Å². The monoisotopic (exact) mass is 369 g/mol. The minimum atomic E-state index is -4.59. The van der Waals surface area contributed by atoms with Crippen LogP contribution in [0, 0.1) is 0 Å². The number of hydrogen-bond donors (Lipinski definition) is 0. The SMILES string of the molecule is CCc1ccc(S(=O)(=O)N(Cc2ccsc2)CC(F)(F)F)s1. The number of thiophene rings is 2. The second-order valence-electron chi connectivity index (χ2n) is 4.59. The van der Waals surface area contributed by atoms with Crippen molar-refractivity contribution in [1.29, 1.82) is 0 Å². The molecule has 0 radical (unpaired) electrons. The molecule has 0 N–H and O–H groups in total. The molecule has 0 aliphatic heterocycles. The fourth-order valence-electron chi connectivity index (χ4n) is 1.83. The lowest BCUT2D eigenvalue weighted by molar-refractivity contribution is -0.136. The first-order chi connectivity index (χ1) is 10.2. The Balaban J connectivity index is 2.33. The molecular formula is C13H14F3NO2S3. The highest BCUT2D eigenvalue weighted by molar-refractivity contribution is 7.91. The third-order valence-electron chi connectivity index (χ3n) is 2.87. The Morgan fingerprint density at radius 3 is 2.45 bits per heavy atom. The highest BCUT2D eigenvalue weighted by Gasteiger charge is 2.37. The van der Waals surface area contributed by atoms with E-state index in [-0.39, 0.29) is 10.8 Å². The Morgan fingerprint density at radius 2 is 1.95 bits per heavy atom. The number of halogens is 3. The quantitative estimate of drug-likeness (QED) is 0.768. The molecule has 122 valence electrons. The molecule has 2 aromatic rings. The van der Waals surface area contributed by atoms with E-state index in [1.807, 2.05) is 6.92 Å². The summed E-state index contributed by atoms with van der Waals surface area (Å²) in [5.74, 6) is 0. The summed E-state index contributed by atoms with van der Waals surface area (Å²) < 4.78 is 63.7. The molecule has 0 saturated heterocycles. The first-order valence-corrected chi connectivity index (χ1v) is 9.59. The molecule has 0 aliphatic rings. The fourth-order valence-corrected chi connectivity index (χ4v) is 5.35. The van der Waals surface area contributed by atoms with Gasteiger partial charge in [-0.1, -0.05) is 6.92 Å². The lowest BCUT2D eigenvalue weighted by Gasteiger charge is -2.22. The van der Waals surface area contributed by atoms with Crippen molar-refractivity contribution in [2.75, 3.05) is 6.54 Å². The normalized spacial score (nSPS) is 13.0. The summed E-state index contributed by atoms with van der Waals surface area (Å²) >= 11 is 2.33. The summed E-state index contributed by atoms with van der Waals surface area (Å²) in [6, 6.07) is 4.62. The molecule has 2 rings (SSSR count).